The van der Waals surface area contributed by atoms with E-state index in [0.29, 0.717) is 5.69 Å². The van der Waals surface area contributed by atoms with E-state index < -0.39 is 16.6 Å². The van der Waals surface area contributed by atoms with E-state index in [0.717, 1.165) is 0 Å². The fourth-order valence-corrected chi connectivity index (χ4v) is 3.51. The number of benzene rings is 1. The van der Waals surface area contributed by atoms with Crippen LogP contribution in [0, 0.1) is 6.92 Å². The topological polar surface area (TPSA) is 95.1 Å². The summed E-state index contributed by atoms with van der Waals surface area (Å²) >= 11 is 11.8. The second-order valence-electron chi connectivity index (χ2n) is 3.99. The molecule has 0 fully saturated rings. The van der Waals surface area contributed by atoms with Crippen LogP contribution in [0.5, 0.6) is 0 Å². The zero-order valence-electron chi connectivity index (χ0n) is 10.3. The smallest absolute Gasteiger partial charge is 0.281 e. The molecular weight excluding hydrogens is 325 g/mol. The monoisotopic (exact) mass is 335 g/mol. The average molecular weight is 336 g/mol. The molecule has 108 valence electrons. The van der Waals surface area contributed by atoms with Gasteiger partial charge in [-0.05, 0) is 19.1 Å². The van der Waals surface area contributed by atoms with Gasteiger partial charge >= 0.3 is 0 Å². The summed E-state index contributed by atoms with van der Waals surface area (Å²) in [5.74, 6) is 0. The first-order chi connectivity index (χ1) is 9.36. The highest BCUT2D eigenvalue weighted by Gasteiger charge is 2.25. The number of anilines is 1. The molecule has 0 spiro atoms. The number of sulfonamides is 1. The van der Waals surface area contributed by atoms with Gasteiger partial charge < -0.3 is 5.11 Å². The van der Waals surface area contributed by atoms with E-state index in [2.05, 4.69) is 14.9 Å². The largest absolute Gasteiger partial charge is 0.392 e. The number of hydrogen-bond donors (Lipinski definition) is 3. The molecule has 0 unspecified atom stereocenters. The highest BCUT2D eigenvalue weighted by atomic mass is 35.5. The molecule has 1 aromatic heterocycles. The van der Waals surface area contributed by atoms with Gasteiger partial charge in [-0.3, -0.25) is 9.82 Å². The predicted octanol–water partition coefficient (Wildman–Crippen LogP) is 2.32. The molecule has 0 atom stereocenters. The predicted molar refractivity (Wildman–Crippen MR) is 76.5 cm³/mol. The number of aromatic amines is 1. The zero-order valence-corrected chi connectivity index (χ0v) is 12.6. The van der Waals surface area contributed by atoms with E-state index in [1.165, 1.54) is 12.1 Å². The van der Waals surface area contributed by atoms with Crippen LogP contribution >= 0.6 is 23.2 Å². The second-order valence-corrected chi connectivity index (χ2v) is 6.40. The van der Waals surface area contributed by atoms with E-state index in [9.17, 15) is 13.5 Å². The maximum absolute atomic E-state index is 12.3. The van der Waals surface area contributed by atoms with Crippen LogP contribution in [0.1, 0.15) is 11.3 Å². The second kappa shape index (κ2) is 5.61. The van der Waals surface area contributed by atoms with Crippen LogP contribution in [0.25, 0.3) is 0 Å². The minimum atomic E-state index is -4.00. The van der Waals surface area contributed by atoms with Gasteiger partial charge in [0, 0.05) is 11.3 Å². The van der Waals surface area contributed by atoms with E-state index in [-0.39, 0.29) is 26.3 Å². The van der Waals surface area contributed by atoms with Crippen LogP contribution in [-0.2, 0) is 16.6 Å². The number of H-pyrrole nitrogens is 1. The van der Waals surface area contributed by atoms with Crippen LogP contribution in [0.15, 0.2) is 23.2 Å². The third-order valence-corrected chi connectivity index (χ3v) is 4.60. The van der Waals surface area contributed by atoms with Crippen molar-refractivity contribution in [3.8, 4) is 0 Å². The van der Waals surface area contributed by atoms with Gasteiger partial charge in [0.15, 0.2) is 0 Å². The number of aryl methyl sites for hydroxylation is 1. The van der Waals surface area contributed by atoms with E-state index >= 15 is 0 Å². The number of nitrogens with zero attached hydrogens (tertiary/aromatic N) is 1. The highest BCUT2D eigenvalue weighted by Crippen LogP contribution is 2.32. The molecular formula is C11H11Cl2N3O3S. The van der Waals surface area contributed by atoms with Gasteiger partial charge in [0.05, 0.1) is 22.3 Å². The number of hydrogen-bond acceptors (Lipinski definition) is 4. The Hall–Kier alpha value is -1.28. The van der Waals surface area contributed by atoms with Crippen molar-refractivity contribution in [1.82, 2.24) is 10.2 Å². The Balaban J connectivity index is 2.46. The summed E-state index contributed by atoms with van der Waals surface area (Å²) in [6, 6.07) is 4.61. The molecule has 0 aliphatic carbocycles. The van der Waals surface area contributed by atoms with Crippen molar-refractivity contribution >= 4 is 38.9 Å². The molecule has 0 aliphatic rings. The lowest BCUT2D eigenvalue weighted by Gasteiger charge is -2.10. The molecule has 0 bridgehead atoms. The number of nitrogens with one attached hydrogen (secondary N) is 2. The standard InChI is InChI=1S/C11H11Cl2N3O3S/c1-6-7(5-17)11(15-14-6)20(18,19)16-10-8(12)3-2-4-9(10)13/h2-4,16-17H,5H2,1H3,(H,14,15). The summed E-state index contributed by atoms with van der Waals surface area (Å²) in [4.78, 5) is 0. The van der Waals surface area contributed by atoms with Gasteiger partial charge in [-0.1, -0.05) is 29.3 Å². The molecule has 0 saturated heterocycles. The summed E-state index contributed by atoms with van der Waals surface area (Å²) in [5.41, 5.74) is 0.735. The van der Waals surface area contributed by atoms with Crippen molar-refractivity contribution in [1.29, 1.82) is 0 Å². The number of aromatic nitrogens is 2. The van der Waals surface area contributed by atoms with Crippen molar-refractivity contribution in [3.05, 3.63) is 39.5 Å². The van der Waals surface area contributed by atoms with Crippen LogP contribution < -0.4 is 4.72 Å². The first-order valence-electron chi connectivity index (χ1n) is 5.48. The fourth-order valence-electron chi connectivity index (χ4n) is 1.62. The first kappa shape index (κ1) is 15.1. The lowest BCUT2D eigenvalue weighted by Crippen LogP contribution is -2.16. The van der Waals surface area contributed by atoms with Gasteiger partial charge in [-0.25, -0.2) is 0 Å². The Bertz CT molecular complexity index is 723. The normalized spacial score (nSPS) is 11.6. The number of para-hydroxylation sites is 1. The van der Waals surface area contributed by atoms with Crippen LogP contribution in [0.2, 0.25) is 10.0 Å². The molecule has 0 radical (unpaired) electrons. The molecule has 2 aromatic rings. The van der Waals surface area contributed by atoms with E-state index in [1.807, 2.05) is 0 Å². The summed E-state index contributed by atoms with van der Waals surface area (Å²) in [6.45, 7) is 1.16. The third kappa shape index (κ3) is 2.76. The van der Waals surface area contributed by atoms with Crippen molar-refractivity contribution in [2.75, 3.05) is 4.72 Å². The van der Waals surface area contributed by atoms with Gasteiger partial charge in [0.1, 0.15) is 0 Å². The molecule has 1 heterocycles. The van der Waals surface area contributed by atoms with E-state index in [1.54, 1.807) is 13.0 Å². The van der Waals surface area contributed by atoms with Gasteiger partial charge in [-0.2, -0.15) is 13.5 Å². The summed E-state index contributed by atoms with van der Waals surface area (Å²) in [7, 11) is -4.00. The molecule has 9 heteroatoms. The van der Waals surface area contributed by atoms with Crippen molar-refractivity contribution in [2.24, 2.45) is 0 Å². The fraction of sp³-hybridized carbons (Fsp3) is 0.182. The van der Waals surface area contributed by atoms with Gasteiger partial charge in [0.2, 0.25) is 5.03 Å². The molecule has 2 rings (SSSR count). The highest BCUT2D eigenvalue weighted by molar-refractivity contribution is 7.92. The van der Waals surface area contributed by atoms with Gasteiger partial charge in [-0.15, -0.1) is 0 Å². The van der Waals surface area contributed by atoms with Gasteiger partial charge in [0.25, 0.3) is 10.0 Å². The molecule has 1 aromatic carbocycles. The molecule has 20 heavy (non-hydrogen) atoms. The van der Waals surface area contributed by atoms with Crippen LogP contribution in [0.4, 0.5) is 5.69 Å². The van der Waals surface area contributed by atoms with Crippen molar-refractivity contribution in [2.45, 2.75) is 18.6 Å². The first-order valence-corrected chi connectivity index (χ1v) is 7.72. The lowest BCUT2D eigenvalue weighted by atomic mass is 10.3. The minimum Gasteiger partial charge on any atom is -0.392 e. The zero-order chi connectivity index (χ0) is 14.9. The average Bonchev–Trinajstić information content (AvgIpc) is 2.76. The molecule has 6 nitrogen and oxygen atoms in total. The minimum absolute atomic E-state index is 0.0698. The quantitative estimate of drug-likeness (QED) is 0.798. The number of aliphatic hydroxyl groups excluding tert-OH is 1. The molecule has 0 saturated carbocycles. The van der Waals surface area contributed by atoms with Crippen molar-refractivity contribution < 1.29 is 13.5 Å². The SMILES string of the molecule is Cc1[nH]nc(S(=O)(=O)Nc2c(Cl)cccc2Cl)c1CO. The maximum atomic E-state index is 12.3. The van der Waals surface area contributed by atoms with Crippen LogP contribution in [0.3, 0.4) is 0 Å². The summed E-state index contributed by atoms with van der Waals surface area (Å²) in [5, 5.41) is 15.5. The number of aliphatic hydroxyl groups is 1. The third-order valence-electron chi connectivity index (χ3n) is 2.65. The Morgan fingerprint density at radius 1 is 1.35 bits per heavy atom. The van der Waals surface area contributed by atoms with E-state index in [4.69, 9.17) is 23.2 Å². The molecule has 3 N–H and O–H groups in total. The van der Waals surface area contributed by atoms with Crippen LogP contribution in [-0.4, -0.2) is 23.7 Å². The lowest BCUT2D eigenvalue weighted by molar-refractivity contribution is 0.277. The van der Waals surface area contributed by atoms with Crippen molar-refractivity contribution in [3.63, 3.8) is 0 Å². The Labute approximate surface area is 125 Å². The Morgan fingerprint density at radius 3 is 2.50 bits per heavy atom. The molecule has 0 amide bonds. The maximum Gasteiger partial charge on any atom is 0.281 e. The number of halogens is 2. The Morgan fingerprint density at radius 2 is 1.95 bits per heavy atom. The Kier molecular flexibility index (Phi) is 4.24. The molecule has 0 aliphatic heterocycles. The summed E-state index contributed by atoms with van der Waals surface area (Å²) in [6.07, 6.45) is 0. The summed E-state index contributed by atoms with van der Waals surface area (Å²) < 4.78 is 26.8. The number of rotatable bonds is 4.